The summed E-state index contributed by atoms with van der Waals surface area (Å²) in [5.74, 6) is -0.0408. The van der Waals surface area contributed by atoms with Gasteiger partial charge in [0.05, 0.1) is 0 Å². The van der Waals surface area contributed by atoms with Crippen molar-refractivity contribution in [2.45, 2.75) is 33.1 Å². The molecule has 0 fully saturated rings. The van der Waals surface area contributed by atoms with Crippen molar-refractivity contribution in [3.05, 3.63) is 34.5 Å². The van der Waals surface area contributed by atoms with Gasteiger partial charge in [-0.3, -0.25) is 4.79 Å². The number of fused-ring (bicyclic) bond motifs is 1. The molecule has 1 aromatic carbocycles. The topological polar surface area (TPSA) is 44.9 Å². The van der Waals surface area contributed by atoms with Crippen LogP contribution >= 0.6 is 11.6 Å². The first-order valence-electron chi connectivity index (χ1n) is 6.69. The van der Waals surface area contributed by atoms with Gasteiger partial charge >= 0.3 is 0 Å². The molecule has 1 amide bonds. The van der Waals surface area contributed by atoms with E-state index >= 15 is 0 Å². The number of hydrogen-bond donors (Lipinski definition) is 2. The first-order chi connectivity index (χ1) is 9.13. The number of benzene rings is 1. The van der Waals surface area contributed by atoms with Gasteiger partial charge in [-0.1, -0.05) is 37.4 Å². The predicted molar refractivity (Wildman–Crippen MR) is 79.9 cm³/mol. The zero-order valence-corrected chi connectivity index (χ0v) is 12.1. The highest BCUT2D eigenvalue weighted by atomic mass is 35.5. The fourth-order valence-corrected chi connectivity index (χ4v) is 2.37. The lowest BCUT2D eigenvalue weighted by molar-refractivity contribution is 0.0948. The fourth-order valence-electron chi connectivity index (χ4n) is 2.20. The largest absolute Gasteiger partial charge is 0.351 e. The highest BCUT2D eigenvalue weighted by Gasteiger charge is 2.14. The van der Waals surface area contributed by atoms with Gasteiger partial charge in [0.1, 0.15) is 5.69 Å². The van der Waals surface area contributed by atoms with Crippen molar-refractivity contribution < 1.29 is 4.79 Å². The summed E-state index contributed by atoms with van der Waals surface area (Å²) in [5, 5.41) is 4.66. The minimum Gasteiger partial charge on any atom is -0.351 e. The van der Waals surface area contributed by atoms with Crippen LogP contribution in [0.25, 0.3) is 10.9 Å². The Morgan fingerprint density at radius 3 is 2.89 bits per heavy atom. The fraction of sp³-hybridized carbons (Fsp3) is 0.400. The molecule has 0 spiro atoms. The van der Waals surface area contributed by atoms with Crippen LogP contribution in [0.5, 0.6) is 0 Å². The average Bonchev–Trinajstić information content (AvgIpc) is 2.71. The van der Waals surface area contributed by atoms with Gasteiger partial charge < -0.3 is 10.3 Å². The van der Waals surface area contributed by atoms with Gasteiger partial charge in [0.25, 0.3) is 5.91 Å². The molecule has 0 aliphatic heterocycles. The van der Waals surface area contributed by atoms with E-state index in [9.17, 15) is 4.79 Å². The van der Waals surface area contributed by atoms with Gasteiger partial charge in [-0.2, -0.15) is 0 Å². The molecular weight excluding hydrogens is 260 g/mol. The highest BCUT2D eigenvalue weighted by Crippen LogP contribution is 2.24. The number of amides is 1. The number of aromatic nitrogens is 1. The molecular formula is C15H19ClN2O. The SMILES string of the molecule is CCCCCNC(=O)c1[nH]c2cc(Cl)ccc2c1C. The van der Waals surface area contributed by atoms with E-state index in [1.807, 2.05) is 25.1 Å². The maximum absolute atomic E-state index is 12.1. The van der Waals surface area contributed by atoms with E-state index in [-0.39, 0.29) is 5.91 Å². The van der Waals surface area contributed by atoms with Crippen molar-refractivity contribution in [2.75, 3.05) is 6.54 Å². The van der Waals surface area contributed by atoms with Crippen LogP contribution in [-0.4, -0.2) is 17.4 Å². The van der Waals surface area contributed by atoms with Crippen LogP contribution in [0.3, 0.4) is 0 Å². The summed E-state index contributed by atoms with van der Waals surface area (Å²) in [6.45, 7) is 4.82. The molecule has 2 rings (SSSR count). The summed E-state index contributed by atoms with van der Waals surface area (Å²) in [6.07, 6.45) is 3.31. The van der Waals surface area contributed by atoms with Crippen LogP contribution in [0.15, 0.2) is 18.2 Å². The molecule has 2 aromatic rings. The number of halogens is 1. The van der Waals surface area contributed by atoms with E-state index in [2.05, 4.69) is 17.2 Å². The Hall–Kier alpha value is -1.48. The third-order valence-corrected chi connectivity index (χ3v) is 3.55. The van der Waals surface area contributed by atoms with Gasteiger partial charge in [-0.15, -0.1) is 0 Å². The van der Waals surface area contributed by atoms with Crippen LogP contribution in [0.2, 0.25) is 5.02 Å². The number of aromatic amines is 1. The summed E-state index contributed by atoms with van der Waals surface area (Å²) in [7, 11) is 0. The molecule has 0 saturated carbocycles. The molecule has 0 atom stereocenters. The molecule has 0 radical (unpaired) electrons. The minimum absolute atomic E-state index is 0.0408. The summed E-state index contributed by atoms with van der Waals surface area (Å²) >= 11 is 5.96. The van der Waals surface area contributed by atoms with Crippen LogP contribution in [0.4, 0.5) is 0 Å². The Kier molecular flexibility index (Phi) is 4.48. The van der Waals surface area contributed by atoms with Gasteiger partial charge in [-0.25, -0.2) is 0 Å². The first kappa shape index (κ1) is 13.9. The number of carbonyl (C=O) groups excluding carboxylic acids is 1. The van der Waals surface area contributed by atoms with Crippen molar-refractivity contribution in [1.29, 1.82) is 0 Å². The van der Waals surface area contributed by atoms with Crippen molar-refractivity contribution in [3.63, 3.8) is 0 Å². The zero-order valence-electron chi connectivity index (χ0n) is 11.3. The Labute approximate surface area is 118 Å². The Morgan fingerprint density at radius 2 is 2.16 bits per heavy atom. The number of hydrogen-bond acceptors (Lipinski definition) is 1. The van der Waals surface area contributed by atoms with E-state index in [1.165, 1.54) is 0 Å². The van der Waals surface area contributed by atoms with Crippen LogP contribution in [0.1, 0.15) is 42.2 Å². The predicted octanol–water partition coefficient (Wildman–Crippen LogP) is 4.05. The van der Waals surface area contributed by atoms with Gasteiger partial charge in [0, 0.05) is 22.5 Å². The van der Waals surface area contributed by atoms with Crippen molar-refractivity contribution in [2.24, 2.45) is 0 Å². The molecule has 0 aliphatic rings. The standard InChI is InChI=1S/C15H19ClN2O/c1-3-4-5-8-17-15(19)14-10(2)12-7-6-11(16)9-13(12)18-14/h6-7,9,18H,3-5,8H2,1-2H3,(H,17,19). The van der Waals surface area contributed by atoms with Crippen LogP contribution < -0.4 is 5.32 Å². The Balaban J connectivity index is 2.15. The van der Waals surface area contributed by atoms with E-state index in [0.29, 0.717) is 10.7 Å². The lowest BCUT2D eigenvalue weighted by Gasteiger charge is -2.03. The minimum atomic E-state index is -0.0408. The van der Waals surface area contributed by atoms with E-state index in [0.717, 1.165) is 42.3 Å². The van der Waals surface area contributed by atoms with E-state index in [1.54, 1.807) is 0 Å². The molecule has 0 unspecified atom stereocenters. The molecule has 0 aliphatic carbocycles. The number of unbranched alkanes of at least 4 members (excludes halogenated alkanes) is 2. The summed E-state index contributed by atoms with van der Waals surface area (Å²) in [6, 6.07) is 5.63. The molecule has 0 bridgehead atoms. The van der Waals surface area contributed by atoms with Gasteiger partial charge in [0.2, 0.25) is 0 Å². The number of aryl methyl sites for hydroxylation is 1. The van der Waals surface area contributed by atoms with Crippen LogP contribution in [0, 0.1) is 6.92 Å². The third kappa shape index (κ3) is 3.10. The van der Waals surface area contributed by atoms with Crippen molar-refractivity contribution in [3.8, 4) is 0 Å². The second-order valence-electron chi connectivity index (χ2n) is 4.78. The molecule has 19 heavy (non-hydrogen) atoms. The van der Waals surface area contributed by atoms with E-state index in [4.69, 9.17) is 11.6 Å². The molecule has 4 heteroatoms. The Morgan fingerprint density at radius 1 is 1.37 bits per heavy atom. The van der Waals surface area contributed by atoms with Crippen LogP contribution in [-0.2, 0) is 0 Å². The molecule has 102 valence electrons. The molecule has 3 nitrogen and oxygen atoms in total. The van der Waals surface area contributed by atoms with E-state index < -0.39 is 0 Å². The maximum atomic E-state index is 12.1. The second-order valence-corrected chi connectivity index (χ2v) is 5.21. The maximum Gasteiger partial charge on any atom is 0.268 e. The molecule has 2 N–H and O–H groups in total. The van der Waals surface area contributed by atoms with Crippen molar-refractivity contribution in [1.82, 2.24) is 10.3 Å². The molecule has 0 saturated heterocycles. The molecule has 1 aromatic heterocycles. The molecule has 1 heterocycles. The quantitative estimate of drug-likeness (QED) is 0.796. The van der Waals surface area contributed by atoms with Crippen molar-refractivity contribution >= 4 is 28.4 Å². The smallest absolute Gasteiger partial charge is 0.268 e. The third-order valence-electron chi connectivity index (χ3n) is 3.31. The lowest BCUT2D eigenvalue weighted by atomic mass is 10.1. The normalized spacial score (nSPS) is 10.9. The first-order valence-corrected chi connectivity index (χ1v) is 7.07. The summed E-state index contributed by atoms with van der Waals surface area (Å²) < 4.78 is 0. The van der Waals surface area contributed by atoms with Gasteiger partial charge in [-0.05, 0) is 31.0 Å². The number of nitrogens with one attached hydrogen (secondary N) is 2. The average molecular weight is 279 g/mol. The zero-order chi connectivity index (χ0) is 13.8. The summed E-state index contributed by atoms with van der Waals surface area (Å²) in [4.78, 5) is 15.3. The second kappa shape index (κ2) is 6.11. The number of rotatable bonds is 5. The Bertz CT molecular complexity index is 589. The monoisotopic (exact) mass is 278 g/mol. The number of carbonyl (C=O) groups is 1. The summed E-state index contributed by atoms with van der Waals surface area (Å²) in [5.41, 5.74) is 2.51. The highest BCUT2D eigenvalue weighted by molar-refractivity contribution is 6.31. The van der Waals surface area contributed by atoms with Gasteiger partial charge in [0.15, 0.2) is 0 Å². The lowest BCUT2D eigenvalue weighted by Crippen LogP contribution is -2.25. The number of H-pyrrole nitrogens is 1.